The summed E-state index contributed by atoms with van der Waals surface area (Å²) in [4.78, 5) is 10.7. The molecule has 0 saturated carbocycles. The van der Waals surface area contributed by atoms with E-state index in [1.807, 2.05) is 0 Å². The van der Waals surface area contributed by atoms with Crippen LogP contribution in [-0.2, 0) is 4.79 Å². The third-order valence-corrected chi connectivity index (χ3v) is 1.27. The predicted molar refractivity (Wildman–Crippen MR) is 47.3 cm³/mol. The summed E-state index contributed by atoms with van der Waals surface area (Å²) in [6.07, 6.45) is 0. The van der Waals surface area contributed by atoms with Crippen molar-refractivity contribution in [1.82, 2.24) is 0 Å². The SMILES string of the molecule is [2H]C([2H])([2H])Oc1cccc(NC(C)=O)c1. The number of benzene rings is 1. The van der Waals surface area contributed by atoms with Crippen LogP contribution in [0, 0.1) is 0 Å². The standard InChI is InChI=1S/C9H11NO2/c1-7(11)10-8-4-3-5-9(6-8)12-2/h3-6H,1-2H3,(H,10,11)/i2D3. The van der Waals surface area contributed by atoms with Crippen LogP contribution < -0.4 is 10.1 Å². The second kappa shape index (κ2) is 3.76. The van der Waals surface area contributed by atoms with Crippen molar-refractivity contribution in [3.05, 3.63) is 24.3 Å². The Labute approximate surface area is 75.6 Å². The molecule has 0 bridgehead atoms. The Balaban J connectivity index is 2.79. The molecule has 0 atom stereocenters. The highest BCUT2D eigenvalue weighted by atomic mass is 16.5. The van der Waals surface area contributed by atoms with Gasteiger partial charge in [0.15, 0.2) is 0 Å². The second-order valence-electron chi connectivity index (χ2n) is 2.31. The topological polar surface area (TPSA) is 38.3 Å². The van der Waals surface area contributed by atoms with Crippen LogP contribution in [-0.4, -0.2) is 12.9 Å². The van der Waals surface area contributed by atoms with Gasteiger partial charge in [-0.1, -0.05) is 6.07 Å². The van der Waals surface area contributed by atoms with Crippen LogP contribution in [0.4, 0.5) is 5.69 Å². The van der Waals surface area contributed by atoms with Gasteiger partial charge in [0.2, 0.25) is 5.91 Å². The van der Waals surface area contributed by atoms with E-state index >= 15 is 0 Å². The van der Waals surface area contributed by atoms with Crippen molar-refractivity contribution in [2.24, 2.45) is 0 Å². The molecular formula is C9H11NO2. The van der Waals surface area contributed by atoms with Gasteiger partial charge in [0.1, 0.15) is 5.75 Å². The van der Waals surface area contributed by atoms with Crippen LogP contribution in [0.25, 0.3) is 0 Å². The first-order valence-corrected chi connectivity index (χ1v) is 3.43. The highest BCUT2D eigenvalue weighted by Gasteiger charge is 1.95. The number of methoxy groups -OCH3 is 1. The molecule has 0 aliphatic carbocycles. The average molecular weight is 168 g/mol. The van der Waals surface area contributed by atoms with Gasteiger partial charge in [0, 0.05) is 18.7 Å². The van der Waals surface area contributed by atoms with Crippen LogP contribution in [0.3, 0.4) is 0 Å². The van der Waals surface area contributed by atoms with Gasteiger partial charge >= 0.3 is 0 Å². The summed E-state index contributed by atoms with van der Waals surface area (Å²) < 4.78 is 25.4. The lowest BCUT2D eigenvalue weighted by Gasteiger charge is -2.03. The number of carbonyl (C=O) groups is 1. The highest BCUT2D eigenvalue weighted by molar-refractivity contribution is 5.88. The second-order valence-corrected chi connectivity index (χ2v) is 2.31. The number of rotatable bonds is 2. The van der Waals surface area contributed by atoms with E-state index in [1.54, 1.807) is 12.1 Å². The molecule has 0 radical (unpaired) electrons. The molecular weight excluding hydrogens is 154 g/mol. The molecule has 0 unspecified atom stereocenters. The van der Waals surface area contributed by atoms with Crippen molar-refractivity contribution in [3.8, 4) is 5.75 Å². The number of anilines is 1. The Morgan fingerprint density at radius 1 is 1.67 bits per heavy atom. The van der Waals surface area contributed by atoms with Crippen LogP contribution in [0.2, 0.25) is 0 Å². The van der Waals surface area contributed by atoms with E-state index in [0.717, 1.165) is 0 Å². The number of ether oxygens (including phenoxy) is 1. The van der Waals surface area contributed by atoms with Gasteiger partial charge in [-0.3, -0.25) is 4.79 Å². The first kappa shape index (κ1) is 5.19. The summed E-state index contributed by atoms with van der Waals surface area (Å²) in [5, 5.41) is 2.53. The molecule has 1 aromatic rings. The summed E-state index contributed by atoms with van der Waals surface area (Å²) in [6, 6.07) is 6.21. The smallest absolute Gasteiger partial charge is 0.221 e. The minimum atomic E-state index is -2.48. The van der Waals surface area contributed by atoms with E-state index < -0.39 is 7.04 Å². The Bertz CT molecular complexity index is 363. The number of carbonyl (C=O) groups excluding carboxylic acids is 1. The predicted octanol–water partition coefficient (Wildman–Crippen LogP) is 1.65. The van der Waals surface area contributed by atoms with Crippen molar-refractivity contribution in [1.29, 1.82) is 0 Å². The maximum atomic E-state index is 10.7. The molecule has 0 fully saturated rings. The maximum absolute atomic E-state index is 10.7. The molecule has 3 heteroatoms. The van der Waals surface area contributed by atoms with Gasteiger partial charge in [-0.25, -0.2) is 0 Å². The van der Waals surface area contributed by atoms with Crippen molar-refractivity contribution in [3.63, 3.8) is 0 Å². The number of hydrogen-bond donors (Lipinski definition) is 1. The summed E-state index contributed by atoms with van der Waals surface area (Å²) >= 11 is 0. The van der Waals surface area contributed by atoms with E-state index in [-0.39, 0.29) is 11.7 Å². The van der Waals surface area contributed by atoms with E-state index in [9.17, 15) is 4.79 Å². The fourth-order valence-electron chi connectivity index (χ4n) is 0.841. The van der Waals surface area contributed by atoms with Crippen molar-refractivity contribution < 1.29 is 13.6 Å². The Hall–Kier alpha value is -1.51. The van der Waals surface area contributed by atoms with E-state index in [0.29, 0.717) is 5.69 Å². The van der Waals surface area contributed by atoms with Crippen LogP contribution >= 0.6 is 0 Å². The molecule has 1 rings (SSSR count). The first-order chi connectivity index (χ1) is 6.87. The minimum absolute atomic E-state index is 0.196. The van der Waals surface area contributed by atoms with E-state index in [2.05, 4.69) is 10.1 Å². The summed E-state index contributed by atoms with van der Waals surface area (Å²) in [7, 11) is -2.48. The number of amides is 1. The summed E-state index contributed by atoms with van der Waals surface area (Å²) in [6.45, 7) is 1.37. The molecule has 1 amide bonds. The Morgan fingerprint density at radius 2 is 2.50 bits per heavy atom. The molecule has 0 aliphatic rings. The van der Waals surface area contributed by atoms with Gasteiger partial charge in [0.05, 0.1) is 11.2 Å². The lowest BCUT2D eigenvalue weighted by molar-refractivity contribution is -0.114. The fraction of sp³-hybridized carbons (Fsp3) is 0.222. The normalized spacial score (nSPS) is 13.9. The molecule has 64 valence electrons. The molecule has 12 heavy (non-hydrogen) atoms. The maximum Gasteiger partial charge on any atom is 0.221 e. The van der Waals surface area contributed by atoms with Crippen LogP contribution in [0.5, 0.6) is 5.75 Å². The molecule has 0 aromatic heterocycles. The Kier molecular flexibility index (Phi) is 1.63. The van der Waals surface area contributed by atoms with Gasteiger partial charge in [0.25, 0.3) is 0 Å². The number of hydrogen-bond acceptors (Lipinski definition) is 2. The zero-order valence-electron chi connectivity index (χ0n) is 9.63. The van der Waals surface area contributed by atoms with Crippen molar-refractivity contribution in [2.45, 2.75) is 6.92 Å². The highest BCUT2D eigenvalue weighted by Crippen LogP contribution is 2.16. The van der Waals surface area contributed by atoms with Gasteiger partial charge < -0.3 is 10.1 Å². The fourth-order valence-corrected chi connectivity index (χ4v) is 0.841. The summed E-state index contributed by atoms with van der Waals surface area (Å²) in [5.41, 5.74) is 0.504. The van der Waals surface area contributed by atoms with Gasteiger partial charge in [-0.2, -0.15) is 0 Å². The van der Waals surface area contributed by atoms with E-state index in [1.165, 1.54) is 19.1 Å². The first-order valence-electron chi connectivity index (χ1n) is 4.93. The zero-order valence-corrected chi connectivity index (χ0v) is 6.63. The van der Waals surface area contributed by atoms with Gasteiger partial charge in [-0.05, 0) is 12.1 Å². The third kappa shape index (κ3) is 2.27. The zero-order chi connectivity index (χ0) is 11.5. The monoisotopic (exact) mass is 168 g/mol. The molecule has 0 spiro atoms. The quantitative estimate of drug-likeness (QED) is 0.729. The number of nitrogens with one attached hydrogen (secondary N) is 1. The third-order valence-electron chi connectivity index (χ3n) is 1.27. The largest absolute Gasteiger partial charge is 0.497 e. The molecule has 3 nitrogen and oxygen atoms in total. The molecule has 0 saturated heterocycles. The lowest BCUT2D eigenvalue weighted by atomic mass is 10.3. The van der Waals surface area contributed by atoms with E-state index in [4.69, 9.17) is 4.11 Å². The van der Waals surface area contributed by atoms with Crippen LogP contribution in [0.1, 0.15) is 11.0 Å². The Morgan fingerprint density at radius 3 is 3.17 bits per heavy atom. The summed E-state index contributed by atoms with van der Waals surface area (Å²) in [5.74, 6) is -0.0257. The average Bonchev–Trinajstić information content (AvgIpc) is 1.99. The minimum Gasteiger partial charge on any atom is -0.497 e. The molecule has 0 heterocycles. The van der Waals surface area contributed by atoms with Crippen LogP contribution in [0.15, 0.2) is 24.3 Å². The molecule has 0 aliphatic heterocycles. The molecule has 1 N–H and O–H groups in total. The van der Waals surface area contributed by atoms with Crippen molar-refractivity contribution in [2.75, 3.05) is 12.4 Å². The van der Waals surface area contributed by atoms with Gasteiger partial charge in [-0.15, -0.1) is 0 Å². The lowest BCUT2D eigenvalue weighted by Crippen LogP contribution is -2.05. The molecule has 1 aromatic carbocycles. The van der Waals surface area contributed by atoms with Crippen molar-refractivity contribution >= 4 is 11.6 Å².